The third kappa shape index (κ3) is 7.34. The molecular formula is C26H26ClFN2O2S. The molecule has 0 aliphatic heterocycles. The van der Waals surface area contributed by atoms with Gasteiger partial charge in [0.25, 0.3) is 0 Å². The SMILES string of the molecule is CNC(=O)[C@@H](Cc1ccccc1)N(Cc1ccc(F)cc1)C(=O)CSCc1ccccc1Cl. The molecule has 1 atom stereocenters. The van der Waals surface area contributed by atoms with Gasteiger partial charge in [-0.15, -0.1) is 11.8 Å². The van der Waals surface area contributed by atoms with Crippen molar-refractivity contribution in [2.24, 2.45) is 0 Å². The van der Waals surface area contributed by atoms with Crippen molar-refractivity contribution in [2.75, 3.05) is 12.8 Å². The molecule has 3 aromatic carbocycles. The van der Waals surface area contributed by atoms with E-state index in [-0.39, 0.29) is 29.9 Å². The van der Waals surface area contributed by atoms with Gasteiger partial charge in [0.1, 0.15) is 11.9 Å². The predicted molar refractivity (Wildman–Crippen MR) is 133 cm³/mol. The second kappa shape index (κ2) is 12.4. The van der Waals surface area contributed by atoms with Gasteiger partial charge in [0.05, 0.1) is 5.75 Å². The van der Waals surface area contributed by atoms with Crippen LogP contribution in [-0.4, -0.2) is 35.6 Å². The predicted octanol–water partition coefficient (Wildman–Crippen LogP) is 5.10. The lowest BCUT2D eigenvalue weighted by Gasteiger charge is -2.31. The lowest BCUT2D eigenvalue weighted by molar-refractivity contribution is -0.139. The topological polar surface area (TPSA) is 49.4 Å². The number of likely N-dealkylation sites (N-methyl/N-ethyl adjacent to an activating group) is 1. The third-order valence-corrected chi connectivity index (χ3v) is 6.56. The molecule has 7 heteroatoms. The summed E-state index contributed by atoms with van der Waals surface area (Å²) in [5.41, 5.74) is 2.66. The van der Waals surface area contributed by atoms with Crippen LogP contribution in [0.5, 0.6) is 0 Å². The molecule has 0 heterocycles. The van der Waals surface area contributed by atoms with Crippen molar-refractivity contribution < 1.29 is 14.0 Å². The van der Waals surface area contributed by atoms with Crippen LogP contribution in [0.2, 0.25) is 5.02 Å². The molecule has 4 nitrogen and oxygen atoms in total. The Morgan fingerprint density at radius 2 is 1.64 bits per heavy atom. The van der Waals surface area contributed by atoms with Crippen LogP contribution in [0.25, 0.3) is 0 Å². The Morgan fingerprint density at radius 3 is 2.30 bits per heavy atom. The molecule has 0 aromatic heterocycles. The molecule has 0 aliphatic rings. The minimum absolute atomic E-state index is 0.166. The molecule has 3 rings (SSSR count). The van der Waals surface area contributed by atoms with Crippen molar-refractivity contribution in [2.45, 2.75) is 24.8 Å². The number of thioether (sulfide) groups is 1. The van der Waals surface area contributed by atoms with Crippen LogP contribution in [0.1, 0.15) is 16.7 Å². The first-order valence-corrected chi connectivity index (χ1v) is 12.1. The van der Waals surface area contributed by atoms with Gasteiger partial charge in [-0.05, 0) is 34.9 Å². The molecule has 0 unspecified atom stereocenters. The van der Waals surface area contributed by atoms with E-state index in [1.54, 1.807) is 24.1 Å². The van der Waals surface area contributed by atoms with Crippen LogP contribution in [0, 0.1) is 5.82 Å². The van der Waals surface area contributed by atoms with E-state index in [0.717, 1.165) is 16.7 Å². The highest BCUT2D eigenvalue weighted by molar-refractivity contribution is 7.99. The van der Waals surface area contributed by atoms with Crippen LogP contribution in [0.15, 0.2) is 78.9 Å². The summed E-state index contributed by atoms with van der Waals surface area (Å²) in [6.07, 6.45) is 0.378. The fourth-order valence-corrected chi connectivity index (χ4v) is 4.65. The van der Waals surface area contributed by atoms with Crippen molar-refractivity contribution >= 4 is 35.2 Å². The van der Waals surface area contributed by atoms with E-state index in [1.165, 1.54) is 23.9 Å². The molecule has 33 heavy (non-hydrogen) atoms. The Bertz CT molecular complexity index is 1060. The number of nitrogens with one attached hydrogen (secondary N) is 1. The van der Waals surface area contributed by atoms with E-state index in [0.29, 0.717) is 17.2 Å². The van der Waals surface area contributed by atoms with Gasteiger partial charge in [0, 0.05) is 30.8 Å². The quantitative estimate of drug-likeness (QED) is 0.435. The Balaban J connectivity index is 1.80. The van der Waals surface area contributed by atoms with Gasteiger partial charge >= 0.3 is 0 Å². The minimum Gasteiger partial charge on any atom is -0.357 e. The molecule has 3 aromatic rings. The number of nitrogens with zero attached hydrogens (tertiary/aromatic N) is 1. The van der Waals surface area contributed by atoms with E-state index in [4.69, 9.17) is 11.6 Å². The maximum atomic E-state index is 13.4. The van der Waals surface area contributed by atoms with Gasteiger partial charge in [-0.25, -0.2) is 4.39 Å². The smallest absolute Gasteiger partial charge is 0.242 e. The van der Waals surface area contributed by atoms with Crippen molar-refractivity contribution in [3.8, 4) is 0 Å². The Morgan fingerprint density at radius 1 is 0.970 bits per heavy atom. The Labute approximate surface area is 203 Å². The van der Waals surface area contributed by atoms with E-state index < -0.39 is 6.04 Å². The average Bonchev–Trinajstić information content (AvgIpc) is 2.83. The second-order valence-corrected chi connectivity index (χ2v) is 8.94. The maximum Gasteiger partial charge on any atom is 0.242 e. The molecule has 0 aliphatic carbocycles. The van der Waals surface area contributed by atoms with Gasteiger partial charge in [-0.3, -0.25) is 9.59 Å². The van der Waals surface area contributed by atoms with Crippen LogP contribution in [0.3, 0.4) is 0 Å². The van der Waals surface area contributed by atoms with Gasteiger partial charge in [0.2, 0.25) is 11.8 Å². The Hall–Kier alpha value is -2.83. The van der Waals surface area contributed by atoms with Crippen molar-refractivity contribution in [1.29, 1.82) is 0 Å². The fourth-order valence-electron chi connectivity index (χ4n) is 3.45. The molecule has 0 saturated heterocycles. The number of carbonyl (C=O) groups is 2. The van der Waals surface area contributed by atoms with Crippen molar-refractivity contribution in [3.05, 3.63) is 106 Å². The maximum absolute atomic E-state index is 13.4. The van der Waals surface area contributed by atoms with E-state index in [9.17, 15) is 14.0 Å². The highest BCUT2D eigenvalue weighted by atomic mass is 35.5. The van der Waals surface area contributed by atoms with E-state index in [2.05, 4.69) is 5.32 Å². The summed E-state index contributed by atoms with van der Waals surface area (Å²) in [5, 5.41) is 3.35. The molecule has 0 saturated carbocycles. The molecule has 0 fully saturated rings. The number of hydrogen-bond donors (Lipinski definition) is 1. The van der Waals surface area contributed by atoms with Gasteiger partial charge < -0.3 is 10.2 Å². The zero-order valence-corrected chi connectivity index (χ0v) is 19.9. The first-order valence-electron chi connectivity index (χ1n) is 10.6. The second-order valence-electron chi connectivity index (χ2n) is 7.55. The lowest BCUT2D eigenvalue weighted by atomic mass is 10.0. The van der Waals surface area contributed by atoms with Crippen LogP contribution in [0.4, 0.5) is 4.39 Å². The van der Waals surface area contributed by atoms with Crippen molar-refractivity contribution in [1.82, 2.24) is 10.2 Å². The molecule has 2 amide bonds. The normalized spacial score (nSPS) is 11.6. The molecule has 0 radical (unpaired) electrons. The summed E-state index contributed by atoms with van der Waals surface area (Å²) in [7, 11) is 1.56. The zero-order chi connectivity index (χ0) is 23.6. The minimum atomic E-state index is -0.698. The fraction of sp³-hybridized carbons (Fsp3) is 0.231. The highest BCUT2D eigenvalue weighted by Gasteiger charge is 2.29. The van der Waals surface area contributed by atoms with Gasteiger partial charge in [-0.2, -0.15) is 0 Å². The number of benzene rings is 3. The van der Waals surface area contributed by atoms with Gasteiger partial charge in [0.15, 0.2) is 0 Å². The standard InChI is InChI=1S/C26H26ClFN2O2S/c1-29-26(32)24(15-19-7-3-2-4-8-19)30(16-20-11-13-22(28)14-12-20)25(31)18-33-17-21-9-5-6-10-23(21)27/h2-14,24H,15-18H2,1H3,(H,29,32)/t24-/m1/s1. The first kappa shape index (κ1) is 24.8. The number of hydrogen-bond acceptors (Lipinski definition) is 3. The monoisotopic (exact) mass is 484 g/mol. The average molecular weight is 485 g/mol. The molecule has 0 spiro atoms. The number of rotatable bonds is 10. The number of carbonyl (C=O) groups excluding carboxylic acids is 2. The molecular weight excluding hydrogens is 459 g/mol. The summed E-state index contributed by atoms with van der Waals surface area (Å²) in [5.74, 6) is 0.0128. The first-order chi connectivity index (χ1) is 16.0. The molecule has 1 N–H and O–H groups in total. The van der Waals surface area contributed by atoms with Crippen LogP contribution in [-0.2, 0) is 28.3 Å². The van der Waals surface area contributed by atoms with E-state index >= 15 is 0 Å². The summed E-state index contributed by atoms with van der Waals surface area (Å²) in [4.78, 5) is 27.8. The molecule has 172 valence electrons. The van der Waals surface area contributed by atoms with E-state index in [1.807, 2.05) is 54.6 Å². The summed E-state index contributed by atoms with van der Waals surface area (Å²) >= 11 is 7.68. The highest BCUT2D eigenvalue weighted by Crippen LogP contribution is 2.22. The van der Waals surface area contributed by atoms with Crippen LogP contribution < -0.4 is 5.32 Å². The zero-order valence-electron chi connectivity index (χ0n) is 18.3. The van der Waals surface area contributed by atoms with Crippen LogP contribution >= 0.6 is 23.4 Å². The summed E-state index contributed by atoms with van der Waals surface area (Å²) < 4.78 is 13.4. The van der Waals surface area contributed by atoms with Gasteiger partial charge in [-0.1, -0.05) is 72.3 Å². The third-order valence-electron chi connectivity index (χ3n) is 5.22. The summed E-state index contributed by atoms with van der Waals surface area (Å²) in [6, 6.07) is 22.4. The van der Waals surface area contributed by atoms with Crippen molar-refractivity contribution in [3.63, 3.8) is 0 Å². The Kier molecular flexibility index (Phi) is 9.34. The summed E-state index contributed by atoms with van der Waals surface area (Å²) in [6.45, 7) is 0.205. The molecule has 0 bridgehead atoms. The lowest BCUT2D eigenvalue weighted by Crippen LogP contribution is -2.50. The largest absolute Gasteiger partial charge is 0.357 e. The number of amides is 2. The number of halogens is 2.